The molecule has 0 fully saturated rings. The zero-order chi connectivity index (χ0) is 22.1. The minimum atomic E-state index is -4.58. The molecule has 3 aromatic rings. The van der Waals surface area contributed by atoms with Crippen molar-refractivity contribution in [2.24, 2.45) is 0 Å². The van der Waals surface area contributed by atoms with Gasteiger partial charge in [0.15, 0.2) is 5.01 Å². The molecular formula is C19H15ClF3N5OS. The van der Waals surface area contributed by atoms with E-state index in [-0.39, 0.29) is 5.69 Å². The summed E-state index contributed by atoms with van der Waals surface area (Å²) in [4.78, 5) is 15.5. The van der Waals surface area contributed by atoms with Crippen LogP contribution in [0.25, 0.3) is 11.3 Å². The third-order valence-electron chi connectivity index (χ3n) is 4.24. The molecule has 1 atom stereocenters. The summed E-state index contributed by atoms with van der Waals surface area (Å²) in [6.45, 7) is 3.80. The van der Waals surface area contributed by atoms with Gasteiger partial charge >= 0.3 is 6.18 Å². The van der Waals surface area contributed by atoms with Gasteiger partial charge in [-0.25, -0.2) is 4.98 Å². The maximum absolute atomic E-state index is 12.6. The van der Waals surface area contributed by atoms with E-state index in [0.717, 1.165) is 16.5 Å². The van der Waals surface area contributed by atoms with Crippen LogP contribution in [0.15, 0.2) is 29.8 Å². The van der Waals surface area contributed by atoms with E-state index in [1.165, 1.54) is 0 Å². The molecule has 0 aliphatic rings. The number of hydrogen-bond donors (Lipinski definition) is 1. The Bertz CT molecular complexity index is 1130. The monoisotopic (exact) mass is 453 g/mol. The second-order valence-electron chi connectivity index (χ2n) is 6.54. The molecule has 0 aliphatic heterocycles. The van der Waals surface area contributed by atoms with Crippen LogP contribution in [0.1, 0.15) is 33.5 Å². The normalized spacial score (nSPS) is 12.4. The maximum atomic E-state index is 12.6. The molecule has 0 aliphatic carbocycles. The molecule has 6 nitrogen and oxygen atoms in total. The Morgan fingerprint density at radius 3 is 2.77 bits per heavy atom. The van der Waals surface area contributed by atoms with Crippen LogP contribution < -0.4 is 5.32 Å². The van der Waals surface area contributed by atoms with Crippen molar-refractivity contribution in [1.29, 1.82) is 5.26 Å². The SMILES string of the molecule is Cc1c(-c2ccn(CC(C)NC(=O)c3csc(C(F)(F)F)n3)n2)ccc(C#N)c1Cl. The van der Waals surface area contributed by atoms with E-state index in [2.05, 4.69) is 15.4 Å². The zero-order valence-electron chi connectivity index (χ0n) is 15.8. The molecule has 11 heteroatoms. The average molecular weight is 454 g/mol. The quantitative estimate of drug-likeness (QED) is 0.608. The van der Waals surface area contributed by atoms with Crippen molar-refractivity contribution in [3.8, 4) is 17.3 Å². The van der Waals surface area contributed by atoms with Crippen LogP contribution in [-0.4, -0.2) is 26.7 Å². The number of nitrogens with zero attached hydrogens (tertiary/aromatic N) is 4. The van der Waals surface area contributed by atoms with Gasteiger partial charge in [0.25, 0.3) is 5.91 Å². The van der Waals surface area contributed by atoms with E-state index in [4.69, 9.17) is 16.9 Å². The molecule has 2 aromatic heterocycles. The van der Waals surface area contributed by atoms with E-state index >= 15 is 0 Å². The van der Waals surface area contributed by atoms with E-state index in [9.17, 15) is 18.0 Å². The maximum Gasteiger partial charge on any atom is 0.443 e. The van der Waals surface area contributed by atoms with Crippen molar-refractivity contribution in [2.75, 3.05) is 0 Å². The first kappa shape index (κ1) is 21.8. The summed E-state index contributed by atoms with van der Waals surface area (Å²) in [6, 6.07) is 6.77. The number of alkyl halides is 3. The lowest BCUT2D eigenvalue weighted by molar-refractivity contribution is -0.137. The van der Waals surface area contributed by atoms with E-state index in [1.807, 2.05) is 6.07 Å². The molecule has 1 unspecified atom stereocenters. The number of amides is 1. The highest BCUT2D eigenvalue weighted by Gasteiger charge is 2.35. The number of carbonyl (C=O) groups is 1. The van der Waals surface area contributed by atoms with Crippen LogP contribution in [0.3, 0.4) is 0 Å². The van der Waals surface area contributed by atoms with E-state index in [1.54, 1.807) is 42.9 Å². The summed E-state index contributed by atoms with van der Waals surface area (Å²) < 4.78 is 39.5. The van der Waals surface area contributed by atoms with Gasteiger partial charge in [-0.3, -0.25) is 9.48 Å². The number of nitrogens with one attached hydrogen (secondary N) is 1. The first-order chi connectivity index (χ1) is 14.1. The van der Waals surface area contributed by atoms with Gasteiger partial charge in [-0.1, -0.05) is 17.7 Å². The van der Waals surface area contributed by atoms with Crippen LogP contribution in [0.5, 0.6) is 0 Å². The number of aromatic nitrogens is 3. The number of hydrogen-bond acceptors (Lipinski definition) is 5. The average Bonchev–Trinajstić information content (AvgIpc) is 3.33. The lowest BCUT2D eigenvalue weighted by Gasteiger charge is -2.13. The van der Waals surface area contributed by atoms with Crippen molar-refractivity contribution in [3.63, 3.8) is 0 Å². The van der Waals surface area contributed by atoms with Gasteiger partial charge in [-0.2, -0.15) is 23.5 Å². The lowest BCUT2D eigenvalue weighted by Crippen LogP contribution is -2.36. The topological polar surface area (TPSA) is 83.6 Å². The fourth-order valence-corrected chi connectivity index (χ4v) is 3.66. The Balaban J connectivity index is 1.67. The van der Waals surface area contributed by atoms with Crippen LogP contribution in [0.2, 0.25) is 5.02 Å². The predicted molar refractivity (Wildman–Crippen MR) is 106 cm³/mol. The molecule has 0 saturated carbocycles. The highest BCUT2D eigenvalue weighted by atomic mass is 35.5. The number of benzene rings is 1. The predicted octanol–water partition coefficient (Wildman–Crippen LogP) is 4.68. The highest BCUT2D eigenvalue weighted by molar-refractivity contribution is 7.09. The van der Waals surface area contributed by atoms with Gasteiger partial charge in [0.05, 0.1) is 22.8 Å². The van der Waals surface area contributed by atoms with E-state index < -0.39 is 23.1 Å². The summed E-state index contributed by atoms with van der Waals surface area (Å²) in [5.74, 6) is -0.684. The zero-order valence-corrected chi connectivity index (χ0v) is 17.4. The number of rotatable bonds is 5. The molecule has 156 valence electrons. The van der Waals surface area contributed by atoms with Gasteiger partial charge in [-0.15, -0.1) is 11.3 Å². The molecule has 1 amide bonds. The first-order valence-electron chi connectivity index (χ1n) is 8.66. The largest absolute Gasteiger partial charge is 0.443 e. The van der Waals surface area contributed by atoms with Crippen molar-refractivity contribution >= 4 is 28.8 Å². The Labute approximate surface area is 178 Å². The van der Waals surface area contributed by atoms with Crippen molar-refractivity contribution in [2.45, 2.75) is 32.6 Å². The number of thiazole rings is 1. The Morgan fingerprint density at radius 2 is 2.13 bits per heavy atom. The first-order valence-corrected chi connectivity index (χ1v) is 9.92. The van der Waals surface area contributed by atoms with Gasteiger partial charge < -0.3 is 5.32 Å². The van der Waals surface area contributed by atoms with Gasteiger partial charge in [0, 0.05) is 23.2 Å². The number of halogens is 4. The standard InChI is InChI=1S/C19H15ClF3N5OS/c1-10(25-17(29)15-9-30-18(26-15)19(21,22)23)8-28-6-5-14(27-28)13-4-3-12(7-24)16(20)11(13)2/h3-6,9-10H,8H2,1-2H3,(H,25,29). The minimum Gasteiger partial charge on any atom is -0.346 e. The van der Waals surface area contributed by atoms with Crippen molar-refractivity contribution < 1.29 is 18.0 Å². The molecule has 0 saturated heterocycles. The minimum absolute atomic E-state index is 0.275. The van der Waals surface area contributed by atoms with Crippen LogP contribution in [-0.2, 0) is 12.7 Å². The Morgan fingerprint density at radius 1 is 1.40 bits per heavy atom. The fraction of sp³-hybridized carbons (Fsp3) is 0.263. The molecule has 1 N–H and O–H groups in total. The molecule has 3 rings (SSSR count). The number of nitriles is 1. The summed E-state index contributed by atoms with van der Waals surface area (Å²) in [6.07, 6.45) is -2.86. The van der Waals surface area contributed by atoms with E-state index in [0.29, 0.717) is 34.2 Å². The molecule has 30 heavy (non-hydrogen) atoms. The van der Waals surface area contributed by atoms with Gasteiger partial charge in [-0.05, 0) is 31.5 Å². The fourth-order valence-electron chi connectivity index (χ4n) is 2.79. The molecule has 0 spiro atoms. The molecular weight excluding hydrogens is 439 g/mol. The smallest absolute Gasteiger partial charge is 0.346 e. The summed E-state index contributed by atoms with van der Waals surface area (Å²) in [5.41, 5.74) is 2.25. The van der Waals surface area contributed by atoms with Gasteiger partial charge in [0.1, 0.15) is 11.8 Å². The summed E-state index contributed by atoms with van der Waals surface area (Å²) >= 11 is 6.58. The third-order valence-corrected chi connectivity index (χ3v) is 5.62. The van der Waals surface area contributed by atoms with Crippen LogP contribution >= 0.6 is 22.9 Å². The lowest BCUT2D eigenvalue weighted by atomic mass is 10.0. The highest BCUT2D eigenvalue weighted by Crippen LogP contribution is 2.32. The van der Waals surface area contributed by atoms with Crippen molar-refractivity contribution in [3.05, 3.63) is 56.6 Å². The number of carbonyl (C=O) groups excluding carboxylic acids is 1. The second kappa shape index (κ2) is 8.45. The Hall–Kier alpha value is -2.90. The van der Waals surface area contributed by atoms with Crippen LogP contribution in [0.4, 0.5) is 13.2 Å². The molecule has 1 aromatic carbocycles. The van der Waals surface area contributed by atoms with Crippen molar-refractivity contribution in [1.82, 2.24) is 20.1 Å². The summed E-state index contributed by atoms with van der Waals surface area (Å²) in [5, 5.41) is 16.5. The molecule has 0 bridgehead atoms. The molecule has 0 radical (unpaired) electrons. The molecule has 2 heterocycles. The summed E-state index contributed by atoms with van der Waals surface area (Å²) in [7, 11) is 0. The van der Waals surface area contributed by atoms with Crippen LogP contribution in [0, 0.1) is 18.3 Å². The second-order valence-corrected chi connectivity index (χ2v) is 7.78. The van der Waals surface area contributed by atoms with Gasteiger partial charge in [0.2, 0.25) is 0 Å². The Kier molecular flexibility index (Phi) is 6.14. The third kappa shape index (κ3) is 4.63.